The van der Waals surface area contributed by atoms with Gasteiger partial charge in [0.15, 0.2) is 5.96 Å². The Bertz CT molecular complexity index is 509. The maximum Gasteiger partial charge on any atom is 0.193 e. The standard InChI is InChI=1S/C17H26N4O2.HI/c1-18-17(20-8-6-14-4-2-7-19-12-14)21-9-11-23-16(13-21)15-5-3-10-22-15;/h2,4,7,12,15-16H,3,5-6,8-11,13H2,1H3,(H,18,20);1H. The fourth-order valence-electron chi connectivity index (χ4n) is 3.19. The van der Waals surface area contributed by atoms with E-state index in [2.05, 4.69) is 26.3 Å². The Morgan fingerprint density at radius 3 is 2.96 bits per heavy atom. The summed E-state index contributed by atoms with van der Waals surface area (Å²) in [7, 11) is 1.84. The monoisotopic (exact) mass is 446 g/mol. The third kappa shape index (κ3) is 5.29. The summed E-state index contributed by atoms with van der Waals surface area (Å²) in [6, 6.07) is 4.07. The van der Waals surface area contributed by atoms with Crippen LogP contribution in [0.25, 0.3) is 0 Å². The molecule has 2 aliphatic heterocycles. The zero-order chi connectivity index (χ0) is 15.9. The van der Waals surface area contributed by atoms with Gasteiger partial charge in [-0.15, -0.1) is 24.0 Å². The first-order valence-corrected chi connectivity index (χ1v) is 8.44. The van der Waals surface area contributed by atoms with Gasteiger partial charge in [0.2, 0.25) is 0 Å². The van der Waals surface area contributed by atoms with Crippen LogP contribution >= 0.6 is 24.0 Å². The summed E-state index contributed by atoms with van der Waals surface area (Å²) >= 11 is 0. The molecule has 1 aromatic rings. The summed E-state index contributed by atoms with van der Waals surface area (Å²) < 4.78 is 11.7. The van der Waals surface area contributed by atoms with E-state index in [1.807, 2.05) is 19.3 Å². The van der Waals surface area contributed by atoms with Gasteiger partial charge in [0.25, 0.3) is 0 Å². The summed E-state index contributed by atoms with van der Waals surface area (Å²) in [6.07, 6.45) is 7.29. The van der Waals surface area contributed by atoms with Gasteiger partial charge in [0, 0.05) is 45.7 Å². The lowest BCUT2D eigenvalue weighted by Gasteiger charge is -2.37. The quantitative estimate of drug-likeness (QED) is 0.434. The number of ether oxygens (including phenoxy) is 2. The van der Waals surface area contributed by atoms with Crippen molar-refractivity contribution >= 4 is 29.9 Å². The van der Waals surface area contributed by atoms with Gasteiger partial charge in [-0.1, -0.05) is 6.07 Å². The summed E-state index contributed by atoms with van der Waals surface area (Å²) in [5, 5.41) is 3.45. The summed E-state index contributed by atoms with van der Waals surface area (Å²) in [4.78, 5) is 10.8. The van der Waals surface area contributed by atoms with Crippen molar-refractivity contribution in [3.8, 4) is 0 Å². The zero-order valence-corrected chi connectivity index (χ0v) is 16.5. The Kier molecular flexibility index (Phi) is 8.20. The Morgan fingerprint density at radius 2 is 2.25 bits per heavy atom. The summed E-state index contributed by atoms with van der Waals surface area (Å²) in [6.45, 7) is 4.16. The zero-order valence-electron chi connectivity index (χ0n) is 14.2. The van der Waals surface area contributed by atoms with E-state index in [1.165, 1.54) is 5.56 Å². The topological polar surface area (TPSA) is 59.0 Å². The van der Waals surface area contributed by atoms with Gasteiger partial charge >= 0.3 is 0 Å². The molecular weight excluding hydrogens is 419 g/mol. The molecule has 0 spiro atoms. The van der Waals surface area contributed by atoms with E-state index in [0.717, 1.165) is 58.1 Å². The Hall–Kier alpha value is -0.930. The molecule has 1 aromatic heterocycles. The minimum absolute atomic E-state index is 0. The maximum atomic E-state index is 5.90. The predicted octanol–water partition coefficient (Wildman–Crippen LogP) is 1.70. The predicted molar refractivity (Wildman–Crippen MR) is 105 cm³/mol. The van der Waals surface area contributed by atoms with Crippen LogP contribution in [0.4, 0.5) is 0 Å². The normalized spacial score (nSPS) is 24.5. The van der Waals surface area contributed by atoms with Crippen molar-refractivity contribution in [2.24, 2.45) is 4.99 Å². The van der Waals surface area contributed by atoms with Crippen molar-refractivity contribution in [2.45, 2.75) is 31.5 Å². The third-order valence-corrected chi connectivity index (χ3v) is 4.40. The lowest BCUT2D eigenvalue weighted by molar-refractivity contribution is -0.0816. The van der Waals surface area contributed by atoms with Crippen LogP contribution in [-0.2, 0) is 15.9 Å². The van der Waals surface area contributed by atoms with E-state index in [0.29, 0.717) is 0 Å². The van der Waals surface area contributed by atoms with E-state index in [1.54, 1.807) is 6.20 Å². The molecule has 2 atom stereocenters. The van der Waals surface area contributed by atoms with Crippen LogP contribution in [-0.4, -0.2) is 67.9 Å². The van der Waals surface area contributed by atoms with Crippen molar-refractivity contribution in [3.05, 3.63) is 30.1 Å². The second kappa shape index (κ2) is 10.1. The molecular formula is C17H27IN4O2. The molecule has 2 fully saturated rings. The van der Waals surface area contributed by atoms with E-state index in [9.17, 15) is 0 Å². The van der Waals surface area contributed by atoms with Crippen LogP contribution < -0.4 is 5.32 Å². The fourth-order valence-corrected chi connectivity index (χ4v) is 3.19. The molecule has 24 heavy (non-hydrogen) atoms. The number of halogens is 1. The molecule has 3 heterocycles. The molecule has 0 amide bonds. The number of nitrogens with zero attached hydrogens (tertiary/aromatic N) is 3. The minimum Gasteiger partial charge on any atom is -0.375 e. The van der Waals surface area contributed by atoms with E-state index in [-0.39, 0.29) is 36.2 Å². The summed E-state index contributed by atoms with van der Waals surface area (Å²) in [5.41, 5.74) is 1.23. The highest BCUT2D eigenvalue weighted by Gasteiger charge is 2.32. The van der Waals surface area contributed by atoms with Gasteiger partial charge < -0.3 is 19.7 Å². The number of morpholine rings is 1. The second-order valence-electron chi connectivity index (χ2n) is 5.99. The average molecular weight is 446 g/mol. The first-order valence-electron chi connectivity index (χ1n) is 8.44. The number of nitrogens with one attached hydrogen (secondary N) is 1. The van der Waals surface area contributed by atoms with Gasteiger partial charge in [-0.3, -0.25) is 9.98 Å². The van der Waals surface area contributed by atoms with Crippen molar-refractivity contribution in [3.63, 3.8) is 0 Å². The molecule has 2 aliphatic rings. The highest BCUT2D eigenvalue weighted by Crippen LogP contribution is 2.20. The van der Waals surface area contributed by atoms with E-state index >= 15 is 0 Å². The first kappa shape index (κ1) is 19.4. The lowest BCUT2D eigenvalue weighted by Crippen LogP contribution is -2.53. The van der Waals surface area contributed by atoms with Crippen LogP contribution in [0.5, 0.6) is 0 Å². The minimum atomic E-state index is 0. The van der Waals surface area contributed by atoms with Crippen molar-refractivity contribution in [2.75, 3.05) is 39.9 Å². The number of guanidine groups is 1. The van der Waals surface area contributed by atoms with Gasteiger partial charge in [-0.05, 0) is 30.9 Å². The van der Waals surface area contributed by atoms with Crippen molar-refractivity contribution in [1.82, 2.24) is 15.2 Å². The number of hydrogen-bond donors (Lipinski definition) is 1. The molecule has 0 radical (unpaired) electrons. The molecule has 0 bridgehead atoms. The number of pyridine rings is 1. The van der Waals surface area contributed by atoms with Gasteiger partial charge in [0.1, 0.15) is 6.10 Å². The Balaban J connectivity index is 0.00000208. The van der Waals surface area contributed by atoms with E-state index < -0.39 is 0 Å². The first-order chi connectivity index (χ1) is 11.4. The van der Waals surface area contributed by atoms with Crippen LogP contribution in [0.1, 0.15) is 18.4 Å². The molecule has 0 saturated carbocycles. The molecule has 2 saturated heterocycles. The summed E-state index contributed by atoms with van der Waals surface area (Å²) in [5.74, 6) is 0.945. The second-order valence-corrected chi connectivity index (χ2v) is 5.99. The maximum absolute atomic E-state index is 5.90. The molecule has 2 unspecified atom stereocenters. The number of aliphatic imine (C=N–C) groups is 1. The smallest absolute Gasteiger partial charge is 0.193 e. The molecule has 1 N–H and O–H groups in total. The van der Waals surface area contributed by atoms with Crippen LogP contribution in [0.2, 0.25) is 0 Å². The Labute approximate surface area is 161 Å². The van der Waals surface area contributed by atoms with E-state index in [4.69, 9.17) is 9.47 Å². The number of hydrogen-bond acceptors (Lipinski definition) is 4. The van der Waals surface area contributed by atoms with Crippen molar-refractivity contribution in [1.29, 1.82) is 0 Å². The van der Waals surface area contributed by atoms with Gasteiger partial charge in [-0.2, -0.15) is 0 Å². The van der Waals surface area contributed by atoms with Gasteiger partial charge in [0.05, 0.1) is 12.7 Å². The fraction of sp³-hybridized carbons (Fsp3) is 0.647. The molecule has 6 nitrogen and oxygen atoms in total. The largest absolute Gasteiger partial charge is 0.375 e. The van der Waals surface area contributed by atoms with Crippen LogP contribution in [0.3, 0.4) is 0 Å². The molecule has 3 rings (SSSR count). The molecule has 134 valence electrons. The SMILES string of the molecule is CN=C(NCCc1cccnc1)N1CCOC(C2CCCO2)C1.I. The van der Waals surface area contributed by atoms with Crippen LogP contribution in [0.15, 0.2) is 29.5 Å². The molecule has 7 heteroatoms. The highest BCUT2D eigenvalue weighted by molar-refractivity contribution is 14.0. The highest BCUT2D eigenvalue weighted by atomic mass is 127. The average Bonchev–Trinajstić information content (AvgIpc) is 3.14. The van der Waals surface area contributed by atoms with Gasteiger partial charge in [-0.25, -0.2) is 0 Å². The number of aromatic nitrogens is 1. The lowest BCUT2D eigenvalue weighted by atomic mass is 10.1. The number of rotatable bonds is 4. The third-order valence-electron chi connectivity index (χ3n) is 4.40. The molecule has 0 aromatic carbocycles. The molecule has 0 aliphatic carbocycles. The van der Waals surface area contributed by atoms with Crippen LogP contribution in [0, 0.1) is 0 Å². The van der Waals surface area contributed by atoms with Crippen molar-refractivity contribution < 1.29 is 9.47 Å². The Morgan fingerprint density at radius 1 is 1.38 bits per heavy atom.